The average molecular weight is 307 g/mol. The first-order chi connectivity index (χ1) is 10.7. The van der Waals surface area contributed by atoms with Gasteiger partial charge < -0.3 is 9.84 Å². The molecule has 0 spiro atoms. The van der Waals surface area contributed by atoms with Crippen LogP contribution in [0, 0.1) is 11.2 Å². The number of benzene rings is 1. The number of nitrogens with zero attached hydrogens (tertiary/aromatic N) is 1. The Morgan fingerprint density at radius 2 is 2.14 bits per heavy atom. The summed E-state index contributed by atoms with van der Waals surface area (Å²) in [5.41, 5.74) is 0.976. The molecule has 0 bridgehead atoms. The van der Waals surface area contributed by atoms with Crippen molar-refractivity contribution in [3.05, 3.63) is 41.7 Å². The molecule has 0 aliphatic carbocycles. The molecule has 0 unspecified atom stereocenters. The van der Waals surface area contributed by atoms with Crippen LogP contribution >= 0.6 is 0 Å². The lowest BCUT2D eigenvalue weighted by atomic mass is 9.78. The molecule has 22 heavy (non-hydrogen) atoms. The van der Waals surface area contributed by atoms with Crippen molar-refractivity contribution in [2.45, 2.75) is 19.3 Å². The number of methoxy groups -OCH3 is 1. The third-order valence-electron chi connectivity index (χ3n) is 4.46. The average Bonchev–Trinajstić information content (AvgIpc) is 2.55. The zero-order valence-electron chi connectivity index (χ0n) is 13.3. The van der Waals surface area contributed by atoms with Gasteiger partial charge in [-0.1, -0.05) is 24.3 Å². The second-order valence-corrected chi connectivity index (χ2v) is 6.19. The van der Waals surface area contributed by atoms with E-state index in [1.165, 1.54) is 12.1 Å². The summed E-state index contributed by atoms with van der Waals surface area (Å²) in [6.45, 7) is 3.73. The molecule has 0 saturated carbocycles. The molecule has 0 amide bonds. The van der Waals surface area contributed by atoms with Crippen molar-refractivity contribution in [2.75, 3.05) is 40.0 Å². The zero-order valence-corrected chi connectivity index (χ0v) is 13.3. The Hall–Kier alpha value is -1.23. The molecule has 1 heterocycles. The first-order valence-corrected chi connectivity index (χ1v) is 7.92. The van der Waals surface area contributed by atoms with Crippen LogP contribution in [-0.4, -0.2) is 50.0 Å². The summed E-state index contributed by atoms with van der Waals surface area (Å²) in [4.78, 5) is 2.37. The van der Waals surface area contributed by atoms with Crippen molar-refractivity contribution in [2.24, 2.45) is 5.41 Å². The van der Waals surface area contributed by atoms with Gasteiger partial charge in [0.05, 0.1) is 6.61 Å². The van der Waals surface area contributed by atoms with Crippen LogP contribution < -0.4 is 0 Å². The van der Waals surface area contributed by atoms with Gasteiger partial charge in [0.25, 0.3) is 0 Å². The molecule has 122 valence electrons. The zero-order chi connectivity index (χ0) is 15.8. The van der Waals surface area contributed by atoms with Gasteiger partial charge in [0.1, 0.15) is 5.82 Å². The lowest BCUT2D eigenvalue weighted by Gasteiger charge is -2.41. The number of piperidine rings is 1. The number of rotatable bonds is 7. The normalized spacial score (nSPS) is 23.2. The van der Waals surface area contributed by atoms with Gasteiger partial charge in [0.2, 0.25) is 0 Å². The maximum Gasteiger partial charge on any atom is 0.123 e. The van der Waals surface area contributed by atoms with E-state index in [2.05, 4.69) is 11.0 Å². The third-order valence-corrected chi connectivity index (χ3v) is 4.46. The highest BCUT2D eigenvalue weighted by Crippen LogP contribution is 2.33. The lowest BCUT2D eigenvalue weighted by molar-refractivity contribution is 0.0115. The van der Waals surface area contributed by atoms with Gasteiger partial charge in [-0.25, -0.2) is 4.39 Å². The minimum atomic E-state index is -0.209. The molecule has 1 aromatic rings. The highest BCUT2D eigenvalue weighted by molar-refractivity contribution is 5.48. The van der Waals surface area contributed by atoms with E-state index < -0.39 is 0 Å². The molecule has 1 atom stereocenters. The number of ether oxygens (including phenoxy) is 1. The number of hydrogen-bond donors (Lipinski definition) is 1. The van der Waals surface area contributed by atoms with E-state index in [4.69, 9.17) is 4.74 Å². The van der Waals surface area contributed by atoms with Crippen molar-refractivity contribution in [3.63, 3.8) is 0 Å². The fraction of sp³-hybridized carbons (Fsp3) is 0.556. The fourth-order valence-electron chi connectivity index (χ4n) is 3.11. The molecule has 4 heteroatoms. The molecular weight excluding hydrogens is 281 g/mol. The topological polar surface area (TPSA) is 32.7 Å². The monoisotopic (exact) mass is 307 g/mol. The van der Waals surface area contributed by atoms with Crippen LogP contribution in [0.15, 0.2) is 30.3 Å². The Morgan fingerprint density at radius 3 is 2.82 bits per heavy atom. The van der Waals surface area contributed by atoms with Crippen molar-refractivity contribution < 1.29 is 14.2 Å². The van der Waals surface area contributed by atoms with Gasteiger partial charge in [-0.3, -0.25) is 4.90 Å². The SMILES string of the molecule is COCC[C@]1(CO)CCCN(C/C=C/c2ccc(F)cc2)C1. The van der Waals surface area contributed by atoms with Gasteiger partial charge in [-0.2, -0.15) is 0 Å². The Balaban J connectivity index is 1.88. The summed E-state index contributed by atoms with van der Waals surface area (Å²) >= 11 is 0. The molecule has 1 fully saturated rings. The van der Waals surface area contributed by atoms with Crippen molar-refractivity contribution in [1.29, 1.82) is 0 Å². The van der Waals surface area contributed by atoms with Crippen LogP contribution in [0.2, 0.25) is 0 Å². The summed E-state index contributed by atoms with van der Waals surface area (Å²) in [5.74, 6) is -0.209. The molecule has 1 aromatic carbocycles. The molecule has 0 radical (unpaired) electrons. The number of aliphatic hydroxyl groups excluding tert-OH is 1. The highest BCUT2D eigenvalue weighted by Gasteiger charge is 2.34. The third kappa shape index (κ3) is 4.90. The van der Waals surface area contributed by atoms with E-state index >= 15 is 0 Å². The minimum Gasteiger partial charge on any atom is -0.396 e. The molecular formula is C18H26FNO2. The molecule has 3 nitrogen and oxygen atoms in total. The predicted octanol–water partition coefficient (Wildman–Crippen LogP) is 2.95. The van der Waals surface area contributed by atoms with Gasteiger partial charge in [0, 0.05) is 32.2 Å². The van der Waals surface area contributed by atoms with Crippen LogP contribution in [0.25, 0.3) is 6.08 Å². The van der Waals surface area contributed by atoms with Gasteiger partial charge in [-0.15, -0.1) is 0 Å². The largest absolute Gasteiger partial charge is 0.396 e. The summed E-state index contributed by atoms with van der Waals surface area (Å²) in [6, 6.07) is 6.50. The van der Waals surface area contributed by atoms with E-state index in [0.717, 1.165) is 44.5 Å². The van der Waals surface area contributed by atoms with E-state index in [0.29, 0.717) is 6.61 Å². The Labute approximate surface area is 132 Å². The Morgan fingerprint density at radius 1 is 1.36 bits per heavy atom. The van der Waals surface area contributed by atoms with Crippen molar-refractivity contribution >= 4 is 6.08 Å². The van der Waals surface area contributed by atoms with Gasteiger partial charge >= 0.3 is 0 Å². The standard InChI is InChI=1S/C18H26FNO2/c1-22-13-10-18(15-21)9-3-12-20(14-18)11-2-4-16-5-7-17(19)8-6-16/h2,4-8,21H,3,9-15H2,1H3/b4-2+/t18-/m1/s1. The summed E-state index contributed by atoms with van der Waals surface area (Å²) < 4.78 is 18.0. The van der Waals surface area contributed by atoms with Crippen LogP contribution in [0.5, 0.6) is 0 Å². The van der Waals surface area contributed by atoms with Crippen molar-refractivity contribution in [3.8, 4) is 0 Å². The summed E-state index contributed by atoms with van der Waals surface area (Å²) in [5, 5.41) is 9.78. The Kier molecular flexibility index (Phi) is 6.55. The smallest absolute Gasteiger partial charge is 0.123 e. The minimum absolute atomic E-state index is 0.0298. The lowest BCUT2D eigenvalue weighted by Crippen LogP contribution is -2.45. The van der Waals surface area contributed by atoms with Crippen LogP contribution in [0.3, 0.4) is 0 Å². The predicted molar refractivity (Wildman–Crippen MR) is 87.1 cm³/mol. The molecule has 1 aliphatic heterocycles. The second kappa shape index (κ2) is 8.42. The van der Waals surface area contributed by atoms with Crippen molar-refractivity contribution in [1.82, 2.24) is 4.90 Å². The van der Waals surface area contributed by atoms with E-state index in [1.54, 1.807) is 19.2 Å². The van der Waals surface area contributed by atoms with Gasteiger partial charge in [0.15, 0.2) is 0 Å². The molecule has 1 saturated heterocycles. The molecule has 0 aromatic heterocycles. The second-order valence-electron chi connectivity index (χ2n) is 6.19. The highest BCUT2D eigenvalue weighted by atomic mass is 19.1. The van der Waals surface area contributed by atoms with E-state index in [9.17, 15) is 9.50 Å². The number of aliphatic hydroxyl groups is 1. The van der Waals surface area contributed by atoms with Crippen LogP contribution in [-0.2, 0) is 4.74 Å². The first-order valence-electron chi connectivity index (χ1n) is 7.92. The quantitative estimate of drug-likeness (QED) is 0.840. The molecule has 1 aliphatic rings. The summed E-state index contributed by atoms with van der Waals surface area (Å²) in [7, 11) is 1.71. The molecule has 1 N–H and O–H groups in total. The maximum absolute atomic E-state index is 12.9. The number of halogens is 1. The summed E-state index contributed by atoms with van der Waals surface area (Å²) in [6.07, 6.45) is 7.19. The first kappa shape index (κ1) is 17.1. The van der Waals surface area contributed by atoms with E-state index in [-0.39, 0.29) is 17.8 Å². The van der Waals surface area contributed by atoms with Crippen LogP contribution in [0.4, 0.5) is 4.39 Å². The van der Waals surface area contributed by atoms with E-state index in [1.807, 2.05) is 6.08 Å². The maximum atomic E-state index is 12.9. The number of likely N-dealkylation sites (tertiary alicyclic amines) is 1. The van der Waals surface area contributed by atoms with Crippen LogP contribution in [0.1, 0.15) is 24.8 Å². The number of hydrogen-bond acceptors (Lipinski definition) is 3. The molecule has 2 rings (SSSR count). The van der Waals surface area contributed by atoms with Gasteiger partial charge in [-0.05, 0) is 43.5 Å². The fourth-order valence-corrected chi connectivity index (χ4v) is 3.11. The Bertz CT molecular complexity index is 474.